The molecule has 2 aromatic rings. The number of carbonyl (C=O) groups excluding carboxylic acids is 2. The zero-order valence-electron chi connectivity index (χ0n) is 32.7. The third-order valence-electron chi connectivity index (χ3n) is 9.87. The average molecular weight is 691 g/mol. The quantitative estimate of drug-likeness (QED) is 0.0773. The number of amides is 2. The molecule has 0 bridgehead atoms. The molecule has 50 heavy (non-hydrogen) atoms. The van der Waals surface area contributed by atoms with Crippen LogP contribution < -0.4 is 10.6 Å². The van der Waals surface area contributed by atoms with E-state index in [0.29, 0.717) is 24.2 Å². The summed E-state index contributed by atoms with van der Waals surface area (Å²) in [5.74, 6) is -0.0399. The molecule has 0 saturated heterocycles. The Labute approximate surface area is 307 Å². The summed E-state index contributed by atoms with van der Waals surface area (Å²) < 4.78 is 0. The van der Waals surface area contributed by atoms with Crippen molar-refractivity contribution in [3.63, 3.8) is 0 Å². The van der Waals surface area contributed by atoms with Crippen molar-refractivity contribution in [2.45, 2.75) is 143 Å². The second-order valence-electron chi connectivity index (χ2n) is 14.3. The second kappa shape index (κ2) is 28.9. The molecule has 0 fully saturated rings. The van der Waals surface area contributed by atoms with Crippen LogP contribution in [0.15, 0.2) is 48.5 Å². The predicted octanol–water partition coefficient (Wildman–Crippen LogP) is 10.5. The molecule has 282 valence electrons. The molecule has 0 radical (unpaired) electrons. The van der Waals surface area contributed by atoms with Gasteiger partial charge in [0.2, 0.25) is 0 Å². The highest BCUT2D eigenvalue weighted by molar-refractivity contribution is 5.95. The molecule has 2 aromatic carbocycles. The molecule has 0 saturated carbocycles. The maximum Gasteiger partial charge on any atom is 0.251 e. The highest BCUT2D eigenvalue weighted by Crippen LogP contribution is 2.21. The van der Waals surface area contributed by atoms with Gasteiger partial charge in [0.25, 0.3) is 11.8 Å². The number of nitrogens with zero attached hydrogens (tertiary/aromatic N) is 2. The molecular weight excluding hydrogens is 617 g/mol. The fourth-order valence-corrected chi connectivity index (χ4v) is 6.56. The van der Waals surface area contributed by atoms with E-state index < -0.39 is 0 Å². The first-order chi connectivity index (χ1) is 24.5. The summed E-state index contributed by atoms with van der Waals surface area (Å²) >= 11 is 0. The Morgan fingerprint density at radius 3 is 0.980 bits per heavy atom. The normalized spacial score (nSPS) is 11.4. The first-order valence-corrected chi connectivity index (χ1v) is 20.7. The van der Waals surface area contributed by atoms with Crippen LogP contribution in [0.25, 0.3) is 11.1 Å². The van der Waals surface area contributed by atoms with Crippen molar-refractivity contribution in [2.24, 2.45) is 0 Å². The molecule has 0 aliphatic heterocycles. The zero-order chi connectivity index (χ0) is 36.1. The largest absolute Gasteiger partial charge is 0.351 e. The fourth-order valence-electron chi connectivity index (χ4n) is 6.56. The van der Waals surface area contributed by atoms with Crippen molar-refractivity contribution in [1.29, 1.82) is 0 Å². The van der Waals surface area contributed by atoms with Crippen LogP contribution in [-0.2, 0) is 0 Å². The molecule has 2 amide bonds. The lowest BCUT2D eigenvalue weighted by Gasteiger charge is -2.22. The summed E-state index contributed by atoms with van der Waals surface area (Å²) in [6, 6.07) is 15.6. The predicted molar refractivity (Wildman–Crippen MR) is 215 cm³/mol. The molecule has 0 heterocycles. The summed E-state index contributed by atoms with van der Waals surface area (Å²) in [5, 5.41) is 6.30. The van der Waals surface area contributed by atoms with E-state index in [1.807, 2.05) is 48.5 Å². The van der Waals surface area contributed by atoms with E-state index >= 15 is 0 Å². The number of hydrogen-bond acceptors (Lipinski definition) is 4. The molecule has 6 heteroatoms. The molecule has 6 nitrogen and oxygen atoms in total. The van der Waals surface area contributed by atoms with Gasteiger partial charge in [-0.05, 0) is 87.3 Å². The van der Waals surface area contributed by atoms with Gasteiger partial charge in [-0.25, -0.2) is 0 Å². The number of rotatable bonds is 31. The van der Waals surface area contributed by atoms with E-state index in [0.717, 1.165) is 50.4 Å². The van der Waals surface area contributed by atoms with Crippen LogP contribution >= 0.6 is 0 Å². The van der Waals surface area contributed by atoms with Crippen molar-refractivity contribution < 1.29 is 9.59 Å². The molecule has 0 aliphatic carbocycles. The Hall–Kier alpha value is -2.70. The van der Waals surface area contributed by atoms with E-state index in [9.17, 15) is 9.59 Å². The van der Waals surface area contributed by atoms with Gasteiger partial charge in [-0.3, -0.25) is 9.59 Å². The topological polar surface area (TPSA) is 64.7 Å². The summed E-state index contributed by atoms with van der Waals surface area (Å²) in [4.78, 5) is 31.0. The van der Waals surface area contributed by atoms with Crippen LogP contribution in [0.4, 0.5) is 0 Å². The van der Waals surface area contributed by atoms with Crippen molar-refractivity contribution in [3.8, 4) is 11.1 Å². The highest BCUT2D eigenvalue weighted by atomic mass is 16.2. The summed E-state index contributed by atoms with van der Waals surface area (Å²) in [6.07, 6.45) is 23.1. The number of hydrogen-bond donors (Lipinski definition) is 2. The summed E-state index contributed by atoms with van der Waals surface area (Å²) in [5.41, 5.74) is 3.43. The second-order valence-corrected chi connectivity index (χ2v) is 14.3. The lowest BCUT2D eigenvalue weighted by molar-refractivity contribution is 0.0939. The molecule has 0 unspecified atom stereocenters. The first kappa shape index (κ1) is 43.5. The Balaban J connectivity index is 1.81. The summed E-state index contributed by atoms with van der Waals surface area (Å²) in [6.45, 7) is 16.7. The smallest absolute Gasteiger partial charge is 0.251 e. The molecular formula is C44H74N4O2. The SMILES string of the molecule is CCCCCCCN(CCCCCC)CCNC(=O)c1ccc(-c2ccc(C(=O)NCCN(CCCCCC)CCCCCCC)cc2)cc1. The standard InChI is InChI=1S/C44H74N4O2/c1-5-9-13-17-21-35-47(33-19-15-11-7-3)37-31-45-43(49)41-27-23-39(24-28-41)40-25-29-42(30-26-40)44(50)46-32-38-48(34-20-16-12-8-4)36-22-18-14-10-6-2/h23-30H,5-22,31-38H2,1-4H3,(H,45,49)(H,46,50). The van der Waals surface area contributed by atoms with Gasteiger partial charge in [-0.1, -0.05) is 142 Å². The third kappa shape index (κ3) is 19.6. The molecule has 2 rings (SSSR count). The lowest BCUT2D eigenvalue weighted by Crippen LogP contribution is -2.36. The Morgan fingerprint density at radius 1 is 0.400 bits per heavy atom. The van der Waals surface area contributed by atoms with Crippen LogP contribution in [0.5, 0.6) is 0 Å². The highest BCUT2D eigenvalue weighted by Gasteiger charge is 2.11. The van der Waals surface area contributed by atoms with Crippen LogP contribution in [0.2, 0.25) is 0 Å². The van der Waals surface area contributed by atoms with Crippen LogP contribution in [0.1, 0.15) is 164 Å². The number of carbonyl (C=O) groups is 2. The van der Waals surface area contributed by atoms with E-state index in [1.54, 1.807) is 0 Å². The minimum atomic E-state index is -0.0199. The summed E-state index contributed by atoms with van der Waals surface area (Å²) in [7, 11) is 0. The van der Waals surface area contributed by atoms with E-state index in [2.05, 4.69) is 48.1 Å². The van der Waals surface area contributed by atoms with Gasteiger partial charge in [0.1, 0.15) is 0 Å². The van der Waals surface area contributed by atoms with E-state index in [4.69, 9.17) is 0 Å². The average Bonchev–Trinajstić information content (AvgIpc) is 3.14. The lowest BCUT2D eigenvalue weighted by atomic mass is 10.0. The molecule has 0 spiro atoms. The van der Waals surface area contributed by atoms with Gasteiger partial charge in [0.05, 0.1) is 0 Å². The van der Waals surface area contributed by atoms with Crippen LogP contribution in [-0.4, -0.2) is 74.0 Å². The van der Waals surface area contributed by atoms with Crippen molar-refractivity contribution in [1.82, 2.24) is 20.4 Å². The Bertz CT molecular complexity index is 1030. The van der Waals surface area contributed by atoms with Gasteiger partial charge in [0, 0.05) is 37.3 Å². The minimum absolute atomic E-state index is 0.0199. The van der Waals surface area contributed by atoms with Gasteiger partial charge in [-0.15, -0.1) is 0 Å². The van der Waals surface area contributed by atoms with Crippen molar-refractivity contribution in [3.05, 3.63) is 59.7 Å². The number of benzene rings is 2. The van der Waals surface area contributed by atoms with Gasteiger partial charge < -0.3 is 20.4 Å². The first-order valence-electron chi connectivity index (χ1n) is 20.7. The number of unbranched alkanes of at least 4 members (excludes halogenated alkanes) is 14. The Kier molecular flexibility index (Phi) is 25.2. The zero-order valence-corrected chi connectivity index (χ0v) is 32.7. The molecule has 0 aromatic heterocycles. The van der Waals surface area contributed by atoms with Crippen molar-refractivity contribution in [2.75, 3.05) is 52.4 Å². The third-order valence-corrected chi connectivity index (χ3v) is 9.87. The monoisotopic (exact) mass is 691 g/mol. The van der Waals surface area contributed by atoms with Crippen LogP contribution in [0.3, 0.4) is 0 Å². The van der Waals surface area contributed by atoms with Crippen LogP contribution in [0, 0.1) is 0 Å². The van der Waals surface area contributed by atoms with Crippen molar-refractivity contribution >= 4 is 11.8 Å². The maximum absolute atomic E-state index is 12.9. The molecule has 0 aliphatic rings. The molecule has 2 N–H and O–H groups in total. The fraction of sp³-hybridized carbons (Fsp3) is 0.682. The van der Waals surface area contributed by atoms with E-state index in [-0.39, 0.29) is 11.8 Å². The van der Waals surface area contributed by atoms with Gasteiger partial charge in [0.15, 0.2) is 0 Å². The number of nitrogens with one attached hydrogen (secondary N) is 2. The van der Waals surface area contributed by atoms with Gasteiger partial charge in [-0.2, -0.15) is 0 Å². The maximum atomic E-state index is 12.9. The minimum Gasteiger partial charge on any atom is -0.351 e. The van der Waals surface area contributed by atoms with Gasteiger partial charge >= 0.3 is 0 Å². The Morgan fingerprint density at radius 2 is 0.680 bits per heavy atom. The van der Waals surface area contributed by atoms with E-state index in [1.165, 1.54) is 116 Å². The molecule has 0 atom stereocenters.